The van der Waals surface area contributed by atoms with Crippen molar-refractivity contribution in [2.45, 2.75) is 19.8 Å². The van der Waals surface area contributed by atoms with Crippen molar-refractivity contribution in [3.8, 4) is 5.75 Å². The van der Waals surface area contributed by atoms with Crippen LogP contribution in [-0.2, 0) is 6.42 Å². The number of aromatic hydroxyl groups is 1. The molecule has 2 heteroatoms. The molecule has 0 aliphatic rings. The van der Waals surface area contributed by atoms with Crippen LogP contribution in [0.1, 0.15) is 18.9 Å². The zero-order chi connectivity index (χ0) is 11.3. The number of phenolic OH excluding ortho intramolecular Hbond substituents is 1. The second kappa shape index (κ2) is 5.76. The highest BCUT2D eigenvalue weighted by Crippen LogP contribution is 2.17. The molecule has 15 heavy (non-hydrogen) atoms. The number of phenols is 1. The lowest BCUT2D eigenvalue weighted by Gasteiger charge is -2.19. The molecule has 0 radical (unpaired) electrons. The Morgan fingerprint density at radius 3 is 2.60 bits per heavy atom. The largest absolute Gasteiger partial charge is 0.508 e. The first kappa shape index (κ1) is 12.1. The Morgan fingerprint density at radius 2 is 2.07 bits per heavy atom. The molecule has 1 aromatic carbocycles. The highest BCUT2D eigenvalue weighted by Gasteiger charge is 2.08. The normalized spacial score (nSPS) is 13.1. The van der Waals surface area contributed by atoms with Gasteiger partial charge >= 0.3 is 0 Å². The summed E-state index contributed by atoms with van der Waals surface area (Å²) in [4.78, 5) is 2.22. The lowest BCUT2D eigenvalue weighted by Crippen LogP contribution is -2.22. The van der Waals surface area contributed by atoms with E-state index in [9.17, 15) is 5.11 Å². The molecule has 1 rings (SSSR count). The molecule has 0 amide bonds. The van der Waals surface area contributed by atoms with E-state index in [0.29, 0.717) is 11.7 Å². The summed E-state index contributed by atoms with van der Waals surface area (Å²) in [6, 6.07) is 7.57. The molecule has 1 unspecified atom stereocenters. The van der Waals surface area contributed by atoms with Crippen LogP contribution in [0.15, 0.2) is 24.3 Å². The minimum Gasteiger partial charge on any atom is -0.508 e. The maximum absolute atomic E-state index is 9.37. The summed E-state index contributed by atoms with van der Waals surface area (Å²) >= 11 is 0. The van der Waals surface area contributed by atoms with Gasteiger partial charge in [-0.3, -0.25) is 0 Å². The average Bonchev–Trinajstić information content (AvgIpc) is 2.16. The van der Waals surface area contributed by atoms with Crippen LogP contribution in [0.4, 0.5) is 0 Å². The predicted octanol–water partition coefficient (Wildman–Crippen LogP) is 2.52. The van der Waals surface area contributed by atoms with Gasteiger partial charge in [-0.1, -0.05) is 25.5 Å². The van der Waals surface area contributed by atoms with E-state index in [-0.39, 0.29) is 0 Å². The summed E-state index contributed by atoms with van der Waals surface area (Å²) in [6.45, 7) is 3.32. The summed E-state index contributed by atoms with van der Waals surface area (Å²) in [5.41, 5.74) is 1.23. The molecule has 0 heterocycles. The van der Waals surface area contributed by atoms with Crippen molar-refractivity contribution in [1.82, 2.24) is 4.90 Å². The quantitative estimate of drug-likeness (QED) is 0.802. The van der Waals surface area contributed by atoms with Gasteiger partial charge in [0.1, 0.15) is 5.75 Å². The third-order valence-corrected chi connectivity index (χ3v) is 2.64. The second-order valence-electron chi connectivity index (χ2n) is 4.41. The number of benzene rings is 1. The van der Waals surface area contributed by atoms with E-state index < -0.39 is 0 Å². The standard InChI is InChI=1S/C13H21NO/c1-4-11(10-14(2)3)8-12-6-5-7-13(15)9-12/h5-7,9,11,15H,4,8,10H2,1-3H3. The maximum atomic E-state index is 9.37. The van der Waals surface area contributed by atoms with Gasteiger partial charge in [-0.05, 0) is 44.1 Å². The molecule has 84 valence electrons. The Labute approximate surface area is 92.5 Å². The number of hydrogen-bond acceptors (Lipinski definition) is 2. The van der Waals surface area contributed by atoms with Gasteiger partial charge in [-0.25, -0.2) is 0 Å². The van der Waals surface area contributed by atoms with Crippen LogP contribution in [0.25, 0.3) is 0 Å². The van der Waals surface area contributed by atoms with Crippen LogP contribution in [0, 0.1) is 5.92 Å². The Morgan fingerprint density at radius 1 is 1.33 bits per heavy atom. The Kier molecular flexibility index (Phi) is 4.63. The van der Waals surface area contributed by atoms with Crippen LogP contribution in [-0.4, -0.2) is 30.6 Å². The number of hydrogen-bond donors (Lipinski definition) is 1. The molecule has 0 aliphatic carbocycles. The molecule has 0 aromatic heterocycles. The number of rotatable bonds is 5. The highest BCUT2D eigenvalue weighted by atomic mass is 16.3. The highest BCUT2D eigenvalue weighted by molar-refractivity contribution is 5.27. The van der Waals surface area contributed by atoms with E-state index in [4.69, 9.17) is 0 Å². The molecule has 0 saturated heterocycles. The molecule has 0 spiro atoms. The van der Waals surface area contributed by atoms with Gasteiger partial charge in [0.15, 0.2) is 0 Å². The molecule has 0 bridgehead atoms. The summed E-state index contributed by atoms with van der Waals surface area (Å²) in [5, 5.41) is 9.37. The smallest absolute Gasteiger partial charge is 0.115 e. The van der Waals surface area contributed by atoms with Crippen molar-refractivity contribution in [2.24, 2.45) is 5.92 Å². The Hall–Kier alpha value is -1.02. The fourth-order valence-corrected chi connectivity index (χ4v) is 1.87. The zero-order valence-electron chi connectivity index (χ0n) is 9.90. The van der Waals surface area contributed by atoms with Gasteiger partial charge in [0, 0.05) is 6.54 Å². The first-order chi connectivity index (χ1) is 7.11. The van der Waals surface area contributed by atoms with Crippen molar-refractivity contribution in [1.29, 1.82) is 0 Å². The van der Waals surface area contributed by atoms with Crippen LogP contribution >= 0.6 is 0 Å². The predicted molar refractivity (Wildman–Crippen MR) is 64.1 cm³/mol. The SMILES string of the molecule is CCC(Cc1cccc(O)c1)CN(C)C. The minimum atomic E-state index is 0.368. The molecular formula is C13H21NO. The summed E-state index contributed by atoms with van der Waals surface area (Å²) in [6.07, 6.45) is 2.22. The zero-order valence-corrected chi connectivity index (χ0v) is 9.90. The van der Waals surface area contributed by atoms with E-state index in [2.05, 4.69) is 32.0 Å². The topological polar surface area (TPSA) is 23.5 Å². The van der Waals surface area contributed by atoms with Crippen molar-refractivity contribution in [2.75, 3.05) is 20.6 Å². The Balaban J connectivity index is 2.58. The molecule has 2 nitrogen and oxygen atoms in total. The van der Waals surface area contributed by atoms with E-state index in [1.165, 1.54) is 12.0 Å². The first-order valence-corrected chi connectivity index (χ1v) is 5.54. The van der Waals surface area contributed by atoms with Crippen molar-refractivity contribution >= 4 is 0 Å². The van der Waals surface area contributed by atoms with Gasteiger partial charge in [-0.2, -0.15) is 0 Å². The summed E-state index contributed by atoms with van der Waals surface area (Å²) in [5.74, 6) is 1.04. The van der Waals surface area contributed by atoms with Crippen LogP contribution in [0.5, 0.6) is 5.75 Å². The third kappa shape index (κ3) is 4.34. The molecule has 1 aromatic rings. The molecule has 1 N–H and O–H groups in total. The monoisotopic (exact) mass is 207 g/mol. The van der Waals surface area contributed by atoms with Gasteiger partial charge in [0.2, 0.25) is 0 Å². The van der Waals surface area contributed by atoms with Gasteiger partial charge < -0.3 is 10.0 Å². The summed E-state index contributed by atoms with van der Waals surface area (Å²) in [7, 11) is 4.20. The Bertz CT molecular complexity index is 296. The molecule has 0 saturated carbocycles. The minimum absolute atomic E-state index is 0.368. The van der Waals surface area contributed by atoms with Gasteiger partial charge in [-0.15, -0.1) is 0 Å². The lowest BCUT2D eigenvalue weighted by atomic mass is 9.96. The van der Waals surface area contributed by atoms with E-state index in [1.807, 2.05) is 12.1 Å². The first-order valence-electron chi connectivity index (χ1n) is 5.54. The average molecular weight is 207 g/mol. The van der Waals surface area contributed by atoms with Crippen molar-refractivity contribution < 1.29 is 5.11 Å². The van der Waals surface area contributed by atoms with Gasteiger partial charge in [0.05, 0.1) is 0 Å². The molecule has 1 atom stereocenters. The van der Waals surface area contributed by atoms with Crippen LogP contribution < -0.4 is 0 Å². The van der Waals surface area contributed by atoms with E-state index in [1.54, 1.807) is 6.07 Å². The maximum Gasteiger partial charge on any atom is 0.115 e. The van der Waals surface area contributed by atoms with Crippen molar-refractivity contribution in [3.05, 3.63) is 29.8 Å². The third-order valence-electron chi connectivity index (χ3n) is 2.64. The van der Waals surface area contributed by atoms with E-state index >= 15 is 0 Å². The van der Waals surface area contributed by atoms with Crippen molar-refractivity contribution in [3.63, 3.8) is 0 Å². The lowest BCUT2D eigenvalue weighted by molar-refractivity contribution is 0.316. The number of nitrogens with zero attached hydrogens (tertiary/aromatic N) is 1. The molecule has 0 aliphatic heterocycles. The molecule has 0 fully saturated rings. The van der Waals surface area contributed by atoms with Gasteiger partial charge in [0.25, 0.3) is 0 Å². The second-order valence-corrected chi connectivity index (χ2v) is 4.41. The van der Waals surface area contributed by atoms with Crippen LogP contribution in [0.3, 0.4) is 0 Å². The fourth-order valence-electron chi connectivity index (χ4n) is 1.87. The summed E-state index contributed by atoms with van der Waals surface area (Å²) < 4.78 is 0. The fraction of sp³-hybridized carbons (Fsp3) is 0.538. The molecular weight excluding hydrogens is 186 g/mol. The van der Waals surface area contributed by atoms with Crippen LogP contribution in [0.2, 0.25) is 0 Å². The van der Waals surface area contributed by atoms with E-state index in [0.717, 1.165) is 13.0 Å².